The fourth-order valence-corrected chi connectivity index (χ4v) is 2.47. The number of rotatable bonds is 7. The van der Waals surface area contributed by atoms with Crippen LogP contribution >= 0.6 is 0 Å². The molecule has 2 rings (SSSR count). The molecule has 0 fully saturated rings. The summed E-state index contributed by atoms with van der Waals surface area (Å²) in [6, 6.07) is 7.63. The standard InChI is InChI=1S/C19H20O8/c1-11-8-15(20)18(23)19(27-11)14(9-16(21)24-2)12-4-6-13(7-5-12)26-10-17(22)25-3/h4-8,14,23H,9-10H2,1-3H3/t14-/m1/s1. The van der Waals surface area contributed by atoms with Crippen LogP contribution in [0.4, 0.5) is 0 Å². The molecule has 1 N–H and O–H groups in total. The van der Waals surface area contributed by atoms with Gasteiger partial charge in [0.25, 0.3) is 0 Å². The Morgan fingerprint density at radius 3 is 2.33 bits per heavy atom. The number of ether oxygens (including phenoxy) is 3. The Bertz CT molecular complexity index is 866. The summed E-state index contributed by atoms with van der Waals surface area (Å²) in [5, 5.41) is 10.1. The van der Waals surface area contributed by atoms with Gasteiger partial charge in [0.1, 0.15) is 11.5 Å². The second kappa shape index (κ2) is 8.88. The van der Waals surface area contributed by atoms with E-state index in [-0.39, 0.29) is 18.8 Å². The molecule has 1 aromatic heterocycles. The topological polar surface area (TPSA) is 112 Å². The highest BCUT2D eigenvalue weighted by atomic mass is 16.6. The number of aryl methyl sites for hydroxylation is 1. The highest BCUT2D eigenvalue weighted by Crippen LogP contribution is 2.34. The third-order valence-corrected chi connectivity index (χ3v) is 3.85. The summed E-state index contributed by atoms with van der Waals surface area (Å²) >= 11 is 0. The Labute approximate surface area is 155 Å². The second-order valence-corrected chi connectivity index (χ2v) is 5.70. The lowest BCUT2D eigenvalue weighted by Gasteiger charge is -2.17. The van der Waals surface area contributed by atoms with Crippen molar-refractivity contribution in [1.29, 1.82) is 0 Å². The molecule has 0 spiro atoms. The first-order valence-electron chi connectivity index (χ1n) is 8.05. The zero-order valence-electron chi connectivity index (χ0n) is 15.2. The summed E-state index contributed by atoms with van der Waals surface area (Å²) < 4.78 is 20.0. The number of carbonyl (C=O) groups is 2. The molecule has 8 nitrogen and oxygen atoms in total. The molecule has 0 unspecified atom stereocenters. The minimum Gasteiger partial charge on any atom is -0.502 e. The van der Waals surface area contributed by atoms with E-state index in [1.165, 1.54) is 14.2 Å². The average molecular weight is 376 g/mol. The van der Waals surface area contributed by atoms with Gasteiger partial charge in [-0.15, -0.1) is 0 Å². The van der Waals surface area contributed by atoms with Crippen LogP contribution in [-0.4, -0.2) is 37.9 Å². The molecule has 0 aliphatic rings. The van der Waals surface area contributed by atoms with E-state index in [4.69, 9.17) is 13.9 Å². The van der Waals surface area contributed by atoms with Gasteiger partial charge in [0, 0.05) is 6.07 Å². The van der Waals surface area contributed by atoms with Gasteiger partial charge in [-0.1, -0.05) is 12.1 Å². The fraction of sp³-hybridized carbons (Fsp3) is 0.316. The Kier molecular flexibility index (Phi) is 6.59. The minimum atomic E-state index is -0.736. The van der Waals surface area contributed by atoms with E-state index in [0.717, 1.165) is 6.07 Å². The molecule has 1 atom stereocenters. The van der Waals surface area contributed by atoms with Crippen LogP contribution in [0.1, 0.15) is 29.4 Å². The van der Waals surface area contributed by atoms with Crippen LogP contribution in [0.15, 0.2) is 39.5 Å². The van der Waals surface area contributed by atoms with Crippen molar-refractivity contribution < 1.29 is 33.3 Å². The van der Waals surface area contributed by atoms with Crippen molar-refractivity contribution in [3.8, 4) is 11.5 Å². The number of methoxy groups -OCH3 is 2. The number of carbonyl (C=O) groups excluding carboxylic acids is 2. The number of benzene rings is 1. The van der Waals surface area contributed by atoms with Crippen molar-refractivity contribution in [1.82, 2.24) is 0 Å². The summed E-state index contributed by atoms with van der Waals surface area (Å²) in [5.41, 5.74) is -0.00323. The van der Waals surface area contributed by atoms with Gasteiger partial charge in [-0.25, -0.2) is 4.79 Å². The molecular formula is C19H20O8. The lowest BCUT2D eigenvalue weighted by atomic mass is 9.92. The molecule has 0 aliphatic carbocycles. The van der Waals surface area contributed by atoms with E-state index >= 15 is 0 Å². The van der Waals surface area contributed by atoms with Gasteiger partial charge in [0.05, 0.1) is 26.6 Å². The number of aromatic hydroxyl groups is 1. The van der Waals surface area contributed by atoms with Gasteiger partial charge in [0.15, 0.2) is 12.4 Å². The maximum atomic E-state index is 11.9. The monoisotopic (exact) mass is 376 g/mol. The van der Waals surface area contributed by atoms with Gasteiger partial charge >= 0.3 is 11.9 Å². The van der Waals surface area contributed by atoms with Gasteiger partial charge in [-0.05, 0) is 24.6 Å². The van der Waals surface area contributed by atoms with Gasteiger partial charge in [-0.2, -0.15) is 0 Å². The zero-order chi connectivity index (χ0) is 20.0. The maximum Gasteiger partial charge on any atom is 0.343 e. The van der Waals surface area contributed by atoms with E-state index in [9.17, 15) is 19.5 Å². The molecule has 0 saturated carbocycles. The molecule has 0 radical (unpaired) electrons. The summed E-state index contributed by atoms with van der Waals surface area (Å²) in [7, 11) is 2.50. The molecule has 27 heavy (non-hydrogen) atoms. The third-order valence-electron chi connectivity index (χ3n) is 3.85. The first-order chi connectivity index (χ1) is 12.8. The van der Waals surface area contributed by atoms with Crippen molar-refractivity contribution >= 4 is 11.9 Å². The highest BCUT2D eigenvalue weighted by molar-refractivity contribution is 5.71. The highest BCUT2D eigenvalue weighted by Gasteiger charge is 2.26. The van der Waals surface area contributed by atoms with Gasteiger partial charge in [-0.3, -0.25) is 9.59 Å². The lowest BCUT2D eigenvalue weighted by Crippen LogP contribution is -2.14. The summed E-state index contributed by atoms with van der Waals surface area (Å²) in [6.45, 7) is 1.33. The number of hydrogen-bond donors (Lipinski definition) is 1. The van der Waals surface area contributed by atoms with Crippen molar-refractivity contribution in [2.75, 3.05) is 20.8 Å². The van der Waals surface area contributed by atoms with Crippen molar-refractivity contribution in [2.24, 2.45) is 0 Å². The maximum absolute atomic E-state index is 11.9. The SMILES string of the molecule is COC(=O)COc1ccc([C@@H](CC(=O)OC)c2oc(C)cc(=O)c2O)cc1. The van der Waals surface area contributed by atoms with E-state index in [1.54, 1.807) is 31.2 Å². The van der Waals surface area contributed by atoms with Crippen molar-refractivity contribution in [2.45, 2.75) is 19.3 Å². The fourth-order valence-electron chi connectivity index (χ4n) is 2.47. The summed E-state index contributed by atoms with van der Waals surface area (Å²) in [6.07, 6.45) is -0.140. The molecule has 8 heteroatoms. The predicted octanol–water partition coefficient (Wildman–Crippen LogP) is 1.90. The first-order valence-corrected chi connectivity index (χ1v) is 8.05. The Balaban J connectivity index is 2.36. The normalized spacial score (nSPS) is 11.5. The van der Waals surface area contributed by atoms with Gasteiger partial charge in [0.2, 0.25) is 11.2 Å². The third kappa shape index (κ3) is 5.10. The second-order valence-electron chi connectivity index (χ2n) is 5.70. The van der Waals surface area contributed by atoms with Crippen LogP contribution in [0.25, 0.3) is 0 Å². The molecule has 0 bridgehead atoms. The Hall–Kier alpha value is -3.29. The summed E-state index contributed by atoms with van der Waals surface area (Å²) in [4.78, 5) is 34.9. The van der Waals surface area contributed by atoms with E-state index in [1.807, 2.05) is 0 Å². The molecule has 0 saturated heterocycles. The van der Waals surface area contributed by atoms with E-state index in [0.29, 0.717) is 17.1 Å². The van der Waals surface area contributed by atoms with Crippen LogP contribution in [0, 0.1) is 6.92 Å². The van der Waals surface area contributed by atoms with Crippen LogP contribution in [0.2, 0.25) is 0 Å². The Morgan fingerprint density at radius 1 is 1.11 bits per heavy atom. The molecular weight excluding hydrogens is 356 g/mol. The predicted molar refractivity (Wildman–Crippen MR) is 93.8 cm³/mol. The number of hydrogen-bond acceptors (Lipinski definition) is 8. The quantitative estimate of drug-likeness (QED) is 0.729. The molecule has 2 aromatic rings. The minimum absolute atomic E-state index is 0.0198. The number of esters is 2. The molecule has 1 heterocycles. The zero-order valence-corrected chi connectivity index (χ0v) is 15.2. The Morgan fingerprint density at radius 2 is 1.74 bits per heavy atom. The summed E-state index contributed by atoms with van der Waals surface area (Å²) in [5.74, 6) is -1.64. The van der Waals surface area contributed by atoms with Crippen molar-refractivity contribution in [3.05, 3.63) is 57.6 Å². The molecule has 0 aliphatic heterocycles. The van der Waals surface area contributed by atoms with Crippen molar-refractivity contribution in [3.63, 3.8) is 0 Å². The largest absolute Gasteiger partial charge is 0.502 e. The van der Waals surface area contributed by atoms with Crippen LogP contribution in [-0.2, 0) is 19.1 Å². The van der Waals surface area contributed by atoms with Crippen LogP contribution in [0.5, 0.6) is 11.5 Å². The molecule has 144 valence electrons. The van der Waals surface area contributed by atoms with E-state index in [2.05, 4.69) is 4.74 Å². The smallest absolute Gasteiger partial charge is 0.343 e. The van der Waals surface area contributed by atoms with E-state index < -0.39 is 29.0 Å². The lowest BCUT2D eigenvalue weighted by molar-refractivity contribution is -0.143. The molecule has 1 aromatic carbocycles. The first kappa shape index (κ1) is 20.0. The van der Waals surface area contributed by atoms with Crippen LogP contribution < -0.4 is 10.2 Å². The average Bonchev–Trinajstić information content (AvgIpc) is 2.67. The van der Waals surface area contributed by atoms with Gasteiger partial charge < -0.3 is 23.7 Å². The van der Waals surface area contributed by atoms with Crippen LogP contribution in [0.3, 0.4) is 0 Å². The molecule has 0 amide bonds.